The Morgan fingerprint density at radius 1 is 1.07 bits per heavy atom. The second-order valence-corrected chi connectivity index (χ2v) is 7.07. The fraction of sp³-hybridized carbons (Fsp3) is 0.364. The van der Waals surface area contributed by atoms with Crippen LogP contribution in [0.25, 0.3) is 0 Å². The molecule has 144 valence electrons. The highest BCUT2D eigenvalue weighted by atomic mass is 35.5. The monoisotopic (exact) mass is 386 g/mol. The Balaban J connectivity index is 2.29. The van der Waals surface area contributed by atoms with Gasteiger partial charge >= 0.3 is 0 Å². The summed E-state index contributed by atoms with van der Waals surface area (Å²) in [5, 5.41) is 3.45. The van der Waals surface area contributed by atoms with Crippen LogP contribution in [0.15, 0.2) is 48.5 Å². The van der Waals surface area contributed by atoms with Gasteiger partial charge in [-0.25, -0.2) is 0 Å². The standard InChI is InChI=1S/C22H27ClN2O2/c1-4-20(22(27)24-5-2)25(15-18-10-6-8-16(3)12-18)21(26)14-17-9-7-11-19(23)13-17/h6-13,20H,4-5,14-15H2,1-3H3,(H,24,27)/t20-/m0/s1. The summed E-state index contributed by atoms with van der Waals surface area (Å²) in [6.07, 6.45) is 0.765. The molecule has 0 aliphatic heterocycles. The highest BCUT2D eigenvalue weighted by Crippen LogP contribution is 2.17. The van der Waals surface area contributed by atoms with Crippen molar-refractivity contribution in [3.63, 3.8) is 0 Å². The van der Waals surface area contributed by atoms with Crippen molar-refractivity contribution >= 4 is 23.4 Å². The molecule has 0 fully saturated rings. The zero-order chi connectivity index (χ0) is 19.8. The number of nitrogens with one attached hydrogen (secondary N) is 1. The largest absolute Gasteiger partial charge is 0.355 e. The molecule has 0 aliphatic carbocycles. The van der Waals surface area contributed by atoms with Crippen molar-refractivity contribution in [2.45, 2.75) is 46.2 Å². The Morgan fingerprint density at radius 3 is 2.41 bits per heavy atom. The molecule has 0 spiro atoms. The van der Waals surface area contributed by atoms with Crippen LogP contribution < -0.4 is 5.32 Å². The van der Waals surface area contributed by atoms with E-state index in [1.54, 1.807) is 17.0 Å². The Hall–Kier alpha value is -2.33. The first-order chi connectivity index (χ1) is 12.9. The van der Waals surface area contributed by atoms with E-state index in [9.17, 15) is 9.59 Å². The van der Waals surface area contributed by atoms with Crippen LogP contribution in [0.5, 0.6) is 0 Å². The molecule has 2 rings (SSSR count). The minimum absolute atomic E-state index is 0.0862. The first kappa shape index (κ1) is 21.0. The SMILES string of the molecule is CCNC(=O)[C@H](CC)N(Cc1cccc(C)c1)C(=O)Cc1cccc(Cl)c1. The molecule has 0 radical (unpaired) electrons. The van der Waals surface area contributed by atoms with Crippen molar-refractivity contribution in [1.82, 2.24) is 10.2 Å². The fourth-order valence-corrected chi connectivity index (χ4v) is 3.35. The van der Waals surface area contributed by atoms with Gasteiger partial charge in [0.15, 0.2) is 0 Å². The van der Waals surface area contributed by atoms with Gasteiger partial charge in [0.05, 0.1) is 6.42 Å². The van der Waals surface area contributed by atoms with Gasteiger partial charge in [-0.15, -0.1) is 0 Å². The van der Waals surface area contributed by atoms with E-state index in [1.807, 2.05) is 57.2 Å². The van der Waals surface area contributed by atoms with Crippen LogP contribution >= 0.6 is 11.6 Å². The summed E-state index contributed by atoms with van der Waals surface area (Å²) in [6.45, 7) is 6.76. The molecular weight excluding hydrogens is 360 g/mol. The predicted octanol–water partition coefficient (Wildman–Crippen LogP) is 4.13. The fourth-order valence-electron chi connectivity index (χ4n) is 3.14. The summed E-state index contributed by atoms with van der Waals surface area (Å²) < 4.78 is 0. The summed E-state index contributed by atoms with van der Waals surface area (Å²) in [5.74, 6) is -0.205. The number of amides is 2. The van der Waals surface area contributed by atoms with Gasteiger partial charge in [0.25, 0.3) is 0 Å². The average molecular weight is 387 g/mol. The number of carbonyl (C=O) groups is 2. The lowest BCUT2D eigenvalue weighted by Gasteiger charge is -2.30. The summed E-state index contributed by atoms with van der Waals surface area (Å²) in [5.41, 5.74) is 2.98. The van der Waals surface area contributed by atoms with E-state index in [2.05, 4.69) is 5.32 Å². The van der Waals surface area contributed by atoms with E-state index < -0.39 is 6.04 Å². The first-order valence-corrected chi connectivity index (χ1v) is 9.69. The lowest BCUT2D eigenvalue weighted by molar-refractivity contribution is -0.140. The molecule has 27 heavy (non-hydrogen) atoms. The smallest absolute Gasteiger partial charge is 0.242 e. The van der Waals surface area contributed by atoms with E-state index in [0.29, 0.717) is 24.5 Å². The number of rotatable bonds is 8. The van der Waals surface area contributed by atoms with Crippen LogP contribution in [-0.2, 0) is 22.6 Å². The van der Waals surface area contributed by atoms with Gasteiger partial charge in [-0.05, 0) is 43.5 Å². The summed E-state index contributed by atoms with van der Waals surface area (Å²) >= 11 is 6.05. The molecule has 0 unspecified atom stereocenters. The molecule has 1 atom stereocenters. The van der Waals surface area contributed by atoms with Crippen molar-refractivity contribution in [1.29, 1.82) is 0 Å². The first-order valence-electron chi connectivity index (χ1n) is 9.31. The van der Waals surface area contributed by atoms with Gasteiger partial charge in [0.2, 0.25) is 11.8 Å². The lowest BCUT2D eigenvalue weighted by Crippen LogP contribution is -2.49. The predicted molar refractivity (Wildman–Crippen MR) is 110 cm³/mol. The highest BCUT2D eigenvalue weighted by Gasteiger charge is 2.28. The van der Waals surface area contributed by atoms with Crippen LogP contribution in [0.3, 0.4) is 0 Å². The summed E-state index contributed by atoms with van der Waals surface area (Å²) in [6, 6.07) is 14.8. The number of halogens is 1. The third kappa shape index (κ3) is 6.10. The van der Waals surface area contributed by atoms with Crippen molar-refractivity contribution in [3.05, 3.63) is 70.2 Å². The van der Waals surface area contributed by atoms with Crippen molar-refractivity contribution in [3.8, 4) is 0 Å². The topological polar surface area (TPSA) is 49.4 Å². The van der Waals surface area contributed by atoms with E-state index in [-0.39, 0.29) is 18.2 Å². The van der Waals surface area contributed by atoms with Gasteiger partial charge in [0, 0.05) is 18.1 Å². The molecule has 0 saturated heterocycles. The molecule has 0 aromatic heterocycles. The maximum atomic E-state index is 13.1. The van der Waals surface area contributed by atoms with E-state index in [4.69, 9.17) is 11.6 Å². The minimum Gasteiger partial charge on any atom is -0.355 e. The lowest BCUT2D eigenvalue weighted by atomic mass is 10.1. The summed E-state index contributed by atoms with van der Waals surface area (Å²) in [7, 11) is 0. The number of carbonyl (C=O) groups excluding carboxylic acids is 2. The average Bonchev–Trinajstić information content (AvgIpc) is 2.62. The molecule has 2 aromatic carbocycles. The van der Waals surface area contributed by atoms with E-state index >= 15 is 0 Å². The number of nitrogens with zero attached hydrogens (tertiary/aromatic N) is 1. The molecule has 0 heterocycles. The van der Waals surface area contributed by atoms with Gasteiger partial charge in [-0.3, -0.25) is 9.59 Å². The van der Waals surface area contributed by atoms with Gasteiger partial charge in [0.1, 0.15) is 6.04 Å². The second-order valence-electron chi connectivity index (χ2n) is 6.64. The Bertz CT molecular complexity index is 791. The van der Waals surface area contributed by atoms with Gasteiger partial charge in [-0.2, -0.15) is 0 Å². The Labute approximate surface area is 166 Å². The van der Waals surface area contributed by atoms with Gasteiger partial charge in [-0.1, -0.05) is 60.5 Å². The maximum Gasteiger partial charge on any atom is 0.242 e. The Morgan fingerprint density at radius 2 is 1.78 bits per heavy atom. The third-order valence-electron chi connectivity index (χ3n) is 4.42. The van der Waals surface area contributed by atoms with Crippen molar-refractivity contribution in [2.24, 2.45) is 0 Å². The number of benzene rings is 2. The van der Waals surface area contributed by atoms with Crippen LogP contribution in [0, 0.1) is 6.92 Å². The third-order valence-corrected chi connectivity index (χ3v) is 4.65. The molecule has 0 bridgehead atoms. The number of likely N-dealkylation sites (N-methyl/N-ethyl adjacent to an activating group) is 1. The molecule has 4 nitrogen and oxygen atoms in total. The van der Waals surface area contributed by atoms with Crippen LogP contribution in [0.4, 0.5) is 0 Å². The molecule has 2 aromatic rings. The zero-order valence-corrected chi connectivity index (χ0v) is 16.9. The molecule has 0 saturated carbocycles. The van der Waals surface area contributed by atoms with E-state index in [1.165, 1.54) is 0 Å². The molecule has 5 heteroatoms. The van der Waals surface area contributed by atoms with Crippen molar-refractivity contribution in [2.75, 3.05) is 6.54 Å². The van der Waals surface area contributed by atoms with Gasteiger partial charge < -0.3 is 10.2 Å². The molecule has 2 amide bonds. The molecular formula is C22H27ClN2O2. The minimum atomic E-state index is -0.503. The molecule has 1 N–H and O–H groups in total. The zero-order valence-electron chi connectivity index (χ0n) is 16.2. The maximum absolute atomic E-state index is 13.1. The quantitative estimate of drug-likeness (QED) is 0.741. The van der Waals surface area contributed by atoms with E-state index in [0.717, 1.165) is 16.7 Å². The number of hydrogen-bond donors (Lipinski definition) is 1. The normalized spacial score (nSPS) is 11.7. The number of hydrogen-bond acceptors (Lipinski definition) is 2. The van der Waals surface area contributed by atoms with Crippen molar-refractivity contribution < 1.29 is 9.59 Å². The molecule has 0 aliphatic rings. The Kier molecular flexibility index (Phi) is 7.86. The summed E-state index contributed by atoms with van der Waals surface area (Å²) in [4.78, 5) is 27.4. The van der Waals surface area contributed by atoms with Crippen LogP contribution in [0.2, 0.25) is 5.02 Å². The number of aryl methyl sites for hydroxylation is 1. The second kappa shape index (κ2) is 10.1. The highest BCUT2D eigenvalue weighted by molar-refractivity contribution is 6.30. The van der Waals surface area contributed by atoms with Crippen LogP contribution in [0.1, 0.15) is 37.0 Å². The van der Waals surface area contributed by atoms with Crippen LogP contribution in [-0.4, -0.2) is 29.3 Å².